The Morgan fingerprint density at radius 1 is 1.44 bits per heavy atom. The van der Waals surface area contributed by atoms with E-state index in [1.165, 1.54) is 37.2 Å². The summed E-state index contributed by atoms with van der Waals surface area (Å²) in [6, 6.07) is 0.551. The van der Waals surface area contributed by atoms with E-state index in [1.807, 2.05) is 0 Å². The van der Waals surface area contributed by atoms with Gasteiger partial charge in [-0.05, 0) is 18.9 Å². The molecule has 0 radical (unpaired) electrons. The van der Waals surface area contributed by atoms with Crippen LogP contribution in [0.4, 0.5) is 0 Å². The van der Waals surface area contributed by atoms with Crippen molar-refractivity contribution >= 4 is 0 Å². The van der Waals surface area contributed by atoms with Crippen molar-refractivity contribution in [2.45, 2.75) is 38.3 Å². The van der Waals surface area contributed by atoms with Crippen molar-refractivity contribution in [2.75, 3.05) is 13.1 Å². The van der Waals surface area contributed by atoms with E-state index in [-0.39, 0.29) is 0 Å². The van der Waals surface area contributed by atoms with Crippen LogP contribution in [0.5, 0.6) is 0 Å². The number of hydrogen-bond acceptors (Lipinski definition) is 3. The first kappa shape index (κ1) is 10.3. The van der Waals surface area contributed by atoms with E-state index in [2.05, 4.69) is 20.6 Å². The van der Waals surface area contributed by atoms with Gasteiger partial charge in [0.05, 0.1) is 17.7 Å². The summed E-state index contributed by atoms with van der Waals surface area (Å²) in [6.07, 6.45) is 7.13. The van der Waals surface area contributed by atoms with Crippen LogP contribution >= 0.6 is 0 Å². The van der Waals surface area contributed by atoms with Crippen LogP contribution in [-0.4, -0.2) is 29.1 Å². The second-order valence-electron chi connectivity index (χ2n) is 5.05. The molecule has 1 saturated carbocycles. The van der Waals surface area contributed by atoms with Crippen molar-refractivity contribution in [3.63, 3.8) is 0 Å². The Labute approximate surface area is 96.2 Å². The molecular formula is C12H20N4. The summed E-state index contributed by atoms with van der Waals surface area (Å²) in [5, 5.41) is 7.08. The van der Waals surface area contributed by atoms with Crippen molar-refractivity contribution in [1.29, 1.82) is 0 Å². The standard InChI is InChI=1S/C12H20N4/c1-2-9(1)3-4-13-6-10-5-11-12(7-14-10)16-8-15-11/h8-10,13-14H,1-7H2,(H,15,16). The second kappa shape index (κ2) is 4.55. The highest BCUT2D eigenvalue weighted by Crippen LogP contribution is 2.31. The number of fused-ring (bicyclic) bond motifs is 1. The molecule has 4 heteroatoms. The first-order valence-electron chi connectivity index (χ1n) is 6.37. The molecule has 0 spiro atoms. The molecule has 0 aromatic carbocycles. The normalized spacial score (nSPS) is 24.4. The zero-order valence-electron chi connectivity index (χ0n) is 9.63. The molecule has 4 nitrogen and oxygen atoms in total. The molecular weight excluding hydrogens is 200 g/mol. The SMILES string of the molecule is c1nc2c([nH]1)CNC(CNCCC1CC1)C2. The third kappa shape index (κ3) is 2.44. The molecule has 2 aliphatic rings. The Hall–Kier alpha value is -0.870. The van der Waals surface area contributed by atoms with Gasteiger partial charge in [-0.3, -0.25) is 0 Å². The highest BCUT2D eigenvalue weighted by molar-refractivity contribution is 5.15. The zero-order valence-corrected chi connectivity index (χ0v) is 9.63. The number of nitrogens with one attached hydrogen (secondary N) is 3. The first-order chi connectivity index (χ1) is 7.92. The summed E-state index contributed by atoms with van der Waals surface area (Å²) in [5.41, 5.74) is 2.50. The fourth-order valence-corrected chi connectivity index (χ4v) is 2.36. The fourth-order valence-electron chi connectivity index (χ4n) is 2.36. The van der Waals surface area contributed by atoms with Crippen molar-refractivity contribution in [3.05, 3.63) is 17.7 Å². The monoisotopic (exact) mass is 220 g/mol. The van der Waals surface area contributed by atoms with Gasteiger partial charge in [0, 0.05) is 25.6 Å². The van der Waals surface area contributed by atoms with Gasteiger partial charge in [0.15, 0.2) is 0 Å². The minimum atomic E-state index is 0.551. The summed E-state index contributed by atoms with van der Waals surface area (Å²) in [6.45, 7) is 3.18. The first-order valence-corrected chi connectivity index (χ1v) is 6.37. The predicted molar refractivity (Wildman–Crippen MR) is 63.1 cm³/mol. The summed E-state index contributed by atoms with van der Waals surface area (Å²) < 4.78 is 0. The molecule has 3 rings (SSSR count). The van der Waals surface area contributed by atoms with E-state index in [1.54, 1.807) is 6.33 Å². The molecule has 3 N–H and O–H groups in total. The Morgan fingerprint density at radius 2 is 2.38 bits per heavy atom. The van der Waals surface area contributed by atoms with E-state index < -0.39 is 0 Å². The third-order valence-corrected chi connectivity index (χ3v) is 3.63. The molecule has 0 saturated heterocycles. The summed E-state index contributed by atoms with van der Waals surface area (Å²) in [5.74, 6) is 1.03. The van der Waals surface area contributed by atoms with Gasteiger partial charge in [0.2, 0.25) is 0 Å². The van der Waals surface area contributed by atoms with Gasteiger partial charge in [-0.25, -0.2) is 4.98 Å². The van der Waals surface area contributed by atoms with Crippen molar-refractivity contribution in [2.24, 2.45) is 5.92 Å². The van der Waals surface area contributed by atoms with Crippen molar-refractivity contribution < 1.29 is 0 Å². The molecule has 1 aromatic heterocycles. The zero-order chi connectivity index (χ0) is 10.8. The van der Waals surface area contributed by atoms with Gasteiger partial charge < -0.3 is 15.6 Å². The smallest absolute Gasteiger partial charge is 0.0925 e. The number of hydrogen-bond donors (Lipinski definition) is 3. The molecule has 1 aliphatic heterocycles. The fraction of sp³-hybridized carbons (Fsp3) is 0.750. The minimum absolute atomic E-state index is 0.551. The van der Waals surface area contributed by atoms with E-state index >= 15 is 0 Å². The number of rotatable bonds is 5. The predicted octanol–water partition coefficient (Wildman–Crippen LogP) is 0.814. The Balaban J connectivity index is 1.39. The highest BCUT2D eigenvalue weighted by atomic mass is 15.0. The van der Waals surface area contributed by atoms with Crippen LogP contribution in [0, 0.1) is 5.92 Å². The van der Waals surface area contributed by atoms with Gasteiger partial charge in [0.25, 0.3) is 0 Å². The van der Waals surface area contributed by atoms with Crippen LogP contribution in [-0.2, 0) is 13.0 Å². The van der Waals surface area contributed by atoms with E-state index in [0.29, 0.717) is 6.04 Å². The van der Waals surface area contributed by atoms with Crippen LogP contribution in [0.2, 0.25) is 0 Å². The minimum Gasteiger partial charge on any atom is -0.347 e. The molecule has 0 amide bonds. The van der Waals surface area contributed by atoms with Crippen LogP contribution in [0.25, 0.3) is 0 Å². The number of imidazole rings is 1. The van der Waals surface area contributed by atoms with E-state index in [4.69, 9.17) is 0 Å². The molecule has 88 valence electrons. The van der Waals surface area contributed by atoms with E-state index in [9.17, 15) is 0 Å². The Morgan fingerprint density at radius 3 is 3.25 bits per heavy atom. The lowest BCUT2D eigenvalue weighted by Gasteiger charge is -2.23. The number of nitrogens with zero attached hydrogens (tertiary/aromatic N) is 1. The summed E-state index contributed by atoms with van der Waals surface area (Å²) >= 11 is 0. The molecule has 16 heavy (non-hydrogen) atoms. The lowest BCUT2D eigenvalue weighted by Crippen LogP contribution is -2.43. The number of aromatic nitrogens is 2. The van der Waals surface area contributed by atoms with Gasteiger partial charge >= 0.3 is 0 Å². The topological polar surface area (TPSA) is 52.7 Å². The van der Waals surface area contributed by atoms with Gasteiger partial charge in [-0.15, -0.1) is 0 Å². The van der Waals surface area contributed by atoms with E-state index in [0.717, 1.165) is 25.4 Å². The maximum absolute atomic E-state index is 4.35. The lowest BCUT2D eigenvalue weighted by molar-refractivity contribution is 0.437. The third-order valence-electron chi connectivity index (χ3n) is 3.63. The quantitative estimate of drug-likeness (QED) is 0.644. The highest BCUT2D eigenvalue weighted by Gasteiger charge is 2.21. The van der Waals surface area contributed by atoms with Crippen LogP contribution in [0.1, 0.15) is 30.7 Å². The van der Waals surface area contributed by atoms with Gasteiger partial charge in [0.1, 0.15) is 0 Å². The van der Waals surface area contributed by atoms with Gasteiger partial charge in [-0.1, -0.05) is 12.8 Å². The van der Waals surface area contributed by atoms with Crippen LogP contribution in [0.15, 0.2) is 6.33 Å². The molecule has 1 atom stereocenters. The summed E-state index contributed by atoms with van der Waals surface area (Å²) in [7, 11) is 0. The lowest BCUT2D eigenvalue weighted by atomic mass is 10.1. The molecule has 2 heterocycles. The summed E-state index contributed by atoms with van der Waals surface area (Å²) in [4.78, 5) is 7.52. The number of H-pyrrole nitrogens is 1. The van der Waals surface area contributed by atoms with Crippen molar-refractivity contribution in [3.8, 4) is 0 Å². The molecule has 1 unspecified atom stereocenters. The van der Waals surface area contributed by atoms with Crippen LogP contribution < -0.4 is 10.6 Å². The molecule has 1 fully saturated rings. The second-order valence-corrected chi connectivity index (χ2v) is 5.05. The van der Waals surface area contributed by atoms with Crippen molar-refractivity contribution in [1.82, 2.24) is 20.6 Å². The average Bonchev–Trinajstić information content (AvgIpc) is 3.01. The number of aromatic amines is 1. The molecule has 1 aromatic rings. The average molecular weight is 220 g/mol. The maximum atomic E-state index is 4.35. The molecule has 0 bridgehead atoms. The largest absolute Gasteiger partial charge is 0.347 e. The van der Waals surface area contributed by atoms with Crippen LogP contribution in [0.3, 0.4) is 0 Å². The molecule has 1 aliphatic carbocycles. The maximum Gasteiger partial charge on any atom is 0.0925 e. The Bertz CT molecular complexity index is 343. The van der Waals surface area contributed by atoms with Gasteiger partial charge in [-0.2, -0.15) is 0 Å². The Kier molecular flexibility index (Phi) is 2.93.